The van der Waals surface area contributed by atoms with Gasteiger partial charge in [-0.15, -0.1) is 0 Å². The number of benzene rings is 2. The van der Waals surface area contributed by atoms with Gasteiger partial charge in [-0.05, 0) is 24.3 Å². The highest BCUT2D eigenvalue weighted by Gasteiger charge is 2.32. The summed E-state index contributed by atoms with van der Waals surface area (Å²) in [5.74, 6) is -2.23. The van der Waals surface area contributed by atoms with E-state index < -0.39 is 23.8 Å². The minimum atomic E-state index is -1.05. The molecule has 1 saturated heterocycles. The number of rotatable bonds is 4. The minimum absolute atomic E-state index is 0.0462. The lowest BCUT2D eigenvalue weighted by Crippen LogP contribution is -2.26. The van der Waals surface area contributed by atoms with Gasteiger partial charge in [-0.25, -0.2) is 9.18 Å². The van der Waals surface area contributed by atoms with Crippen LogP contribution in [0.5, 0.6) is 5.75 Å². The number of cyclic esters (lactones) is 1. The number of nitrogens with zero attached hydrogens (tertiary/aromatic N) is 1. The molecule has 0 spiro atoms. The summed E-state index contributed by atoms with van der Waals surface area (Å²) in [6.07, 6.45) is -1.03. The third-order valence-electron chi connectivity index (χ3n) is 3.28. The van der Waals surface area contributed by atoms with Crippen molar-refractivity contribution in [2.75, 3.05) is 18.1 Å². The number of ether oxygens (including phenoxy) is 2. The summed E-state index contributed by atoms with van der Waals surface area (Å²) in [5, 5.41) is 0. The van der Waals surface area contributed by atoms with Gasteiger partial charge in [-0.2, -0.15) is 4.39 Å². The molecule has 0 aliphatic carbocycles. The third kappa shape index (κ3) is 2.86. The number of anilines is 1. The van der Waals surface area contributed by atoms with Crippen molar-refractivity contribution in [3.05, 3.63) is 60.2 Å². The first kappa shape index (κ1) is 14.3. The number of carbonyl (C=O) groups excluding carboxylic acids is 1. The van der Waals surface area contributed by atoms with Crippen LogP contribution in [0, 0.1) is 11.6 Å². The van der Waals surface area contributed by atoms with E-state index in [1.54, 1.807) is 12.1 Å². The molecule has 0 radical (unpaired) electrons. The Kier molecular flexibility index (Phi) is 3.91. The number of amides is 1. The second kappa shape index (κ2) is 6.01. The van der Waals surface area contributed by atoms with Gasteiger partial charge in [-0.3, -0.25) is 4.90 Å². The van der Waals surface area contributed by atoms with E-state index in [0.29, 0.717) is 12.2 Å². The van der Waals surface area contributed by atoms with Crippen LogP contribution in [0.3, 0.4) is 0 Å². The number of halogens is 2. The molecule has 1 unspecified atom stereocenters. The third-order valence-corrected chi connectivity index (χ3v) is 3.28. The summed E-state index contributed by atoms with van der Waals surface area (Å²) in [6.45, 7) is 0.245. The Hall–Kier alpha value is -2.63. The molecule has 1 aliphatic heterocycles. The fourth-order valence-corrected chi connectivity index (χ4v) is 2.21. The molecule has 2 aromatic carbocycles. The van der Waals surface area contributed by atoms with E-state index in [1.165, 1.54) is 17.0 Å². The fraction of sp³-hybridized carbons (Fsp3) is 0.188. The number of carbonyl (C=O) groups is 1. The quantitative estimate of drug-likeness (QED) is 0.869. The van der Waals surface area contributed by atoms with Gasteiger partial charge in [0.25, 0.3) is 0 Å². The Bertz CT molecular complexity index is 678. The molecule has 1 aliphatic rings. The van der Waals surface area contributed by atoms with Gasteiger partial charge in [0.15, 0.2) is 17.7 Å². The van der Waals surface area contributed by atoms with Crippen LogP contribution in [0.25, 0.3) is 0 Å². The summed E-state index contributed by atoms with van der Waals surface area (Å²) in [6, 6.07) is 12.7. The van der Waals surface area contributed by atoms with E-state index in [0.717, 1.165) is 6.07 Å². The zero-order valence-corrected chi connectivity index (χ0v) is 11.5. The maximum atomic E-state index is 13.5. The molecule has 3 rings (SSSR count). The van der Waals surface area contributed by atoms with E-state index in [-0.39, 0.29) is 12.4 Å². The average molecular weight is 305 g/mol. The normalized spacial score (nSPS) is 17.5. The number of hydrogen-bond donors (Lipinski definition) is 0. The van der Waals surface area contributed by atoms with Crippen LogP contribution in [-0.4, -0.2) is 25.3 Å². The Morgan fingerprint density at radius 3 is 2.68 bits per heavy atom. The smallest absolute Gasteiger partial charge is 0.414 e. The zero-order valence-electron chi connectivity index (χ0n) is 11.5. The first-order valence-corrected chi connectivity index (χ1v) is 6.75. The fourth-order valence-electron chi connectivity index (χ4n) is 2.21. The van der Waals surface area contributed by atoms with Crippen LogP contribution in [0.4, 0.5) is 19.3 Å². The topological polar surface area (TPSA) is 38.8 Å². The summed E-state index contributed by atoms with van der Waals surface area (Å²) < 4.78 is 36.9. The maximum Gasteiger partial charge on any atom is 0.414 e. The van der Waals surface area contributed by atoms with Gasteiger partial charge in [0.2, 0.25) is 5.82 Å². The molecular weight excluding hydrogens is 292 g/mol. The monoisotopic (exact) mass is 305 g/mol. The van der Waals surface area contributed by atoms with Crippen LogP contribution in [0.1, 0.15) is 0 Å². The zero-order chi connectivity index (χ0) is 15.5. The van der Waals surface area contributed by atoms with Gasteiger partial charge in [0.1, 0.15) is 6.61 Å². The molecule has 114 valence electrons. The van der Waals surface area contributed by atoms with Crippen molar-refractivity contribution >= 4 is 11.8 Å². The molecule has 2 aromatic rings. The highest BCUT2D eigenvalue weighted by molar-refractivity contribution is 5.89. The molecule has 0 bridgehead atoms. The maximum absolute atomic E-state index is 13.5. The molecule has 1 fully saturated rings. The number of hydrogen-bond acceptors (Lipinski definition) is 3. The van der Waals surface area contributed by atoms with Crippen molar-refractivity contribution < 1.29 is 23.0 Å². The van der Waals surface area contributed by atoms with Crippen molar-refractivity contribution in [3.8, 4) is 5.75 Å². The lowest BCUT2D eigenvalue weighted by atomic mass is 10.3. The van der Waals surface area contributed by atoms with Crippen LogP contribution in [-0.2, 0) is 4.74 Å². The molecular formula is C16H13F2NO3. The van der Waals surface area contributed by atoms with E-state index in [4.69, 9.17) is 9.47 Å². The van der Waals surface area contributed by atoms with Crippen LogP contribution >= 0.6 is 0 Å². The standard InChI is InChI=1S/C16H13F2NO3/c17-13-7-4-8-14(15(13)18)21-10-12-9-19(16(20)22-12)11-5-2-1-3-6-11/h1-8,12H,9-10H2. The number of para-hydroxylation sites is 1. The Morgan fingerprint density at radius 2 is 1.91 bits per heavy atom. The second-order valence-corrected chi connectivity index (χ2v) is 4.81. The Balaban J connectivity index is 1.63. The predicted molar refractivity (Wildman–Crippen MR) is 75.9 cm³/mol. The highest BCUT2D eigenvalue weighted by Crippen LogP contribution is 2.23. The van der Waals surface area contributed by atoms with Gasteiger partial charge >= 0.3 is 6.09 Å². The van der Waals surface area contributed by atoms with Crippen molar-refractivity contribution in [2.24, 2.45) is 0 Å². The summed E-state index contributed by atoms with van der Waals surface area (Å²) in [5.41, 5.74) is 0.715. The summed E-state index contributed by atoms with van der Waals surface area (Å²) in [4.78, 5) is 13.3. The van der Waals surface area contributed by atoms with Gasteiger partial charge in [0.05, 0.1) is 6.54 Å². The molecule has 1 atom stereocenters. The molecule has 0 saturated carbocycles. The van der Waals surface area contributed by atoms with Crippen LogP contribution < -0.4 is 9.64 Å². The minimum Gasteiger partial charge on any atom is -0.486 e. The van der Waals surface area contributed by atoms with Crippen LogP contribution in [0.2, 0.25) is 0 Å². The van der Waals surface area contributed by atoms with E-state index in [9.17, 15) is 13.6 Å². The molecule has 1 heterocycles. The van der Waals surface area contributed by atoms with Gasteiger partial charge in [0, 0.05) is 5.69 Å². The lowest BCUT2D eigenvalue weighted by Gasteiger charge is -2.13. The molecule has 4 nitrogen and oxygen atoms in total. The Labute approximate surface area is 125 Å². The average Bonchev–Trinajstić information content (AvgIpc) is 2.91. The molecule has 1 amide bonds. The van der Waals surface area contributed by atoms with Crippen LogP contribution in [0.15, 0.2) is 48.5 Å². The first-order chi connectivity index (χ1) is 10.6. The van der Waals surface area contributed by atoms with Crippen molar-refractivity contribution in [2.45, 2.75) is 6.10 Å². The molecule has 6 heteroatoms. The Morgan fingerprint density at radius 1 is 1.14 bits per heavy atom. The molecule has 0 N–H and O–H groups in total. The SMILES string of the molecule is O=C1OC(COc2cccc(F)c2F)CN1c1ccccc1. The first-order valence-electron chi connectivity index (χ1n) is 6.75. The van der Waals surface area contributed by atoms with Crippen molar-refractivity contribution in [3.63, 3.8) is 0 Å². The second-order valence-electron chi connectivity index (χ2n) is 4.81. The largest absolute Gasteiger partial charge is 0.486 e. The summed E-state index contributed by atoms with van der Waals surface area (Å²) in [7, 11) is 0. The van der Waals surface area contributed by atoms with Gasteiger partial charge < -0.3 is 9.47 Å². The van der Waals surface area contributed by atoms with E-state index >= 15 is 0 Å². The van der Waals surface area contributed by atoms with Gasteiger partial charge in [-0.1, -0.05) is 24.3 Å². The van der Waals surface area contributed by atoms with Crippen molar-refractivity contribution in [1.82, 2.24) is 0 Å². The van der Waals surface area contributed by atoms with E-state index in [1.807, 2.05) is 18.2 Å². The van der Waals surface area contributed by atoms with Crippen molar-refractivity contribution in [1.29, 1.82) is 0 Å². The predicted octanol–water partition coefficient (Wildman–Crippen LogP) is 3.37. The summed E-state index contributed by atoms with van der Waals surface area (Å²) >= 11 is 0. The molecule has 0 aromatic heterocycles. The highest BCUT2D eigenvalue weighted by atomic mass is 19.2. The van der Waals surface area contributed by atoms with E-state index in [2.05, 4.69) is 0 Å². The molecule has 22 heavy (non-hydrogen) atoms. The lowest BCUT2D eigenvalue weighted by molar-refractivity contribution is 0.103.